The van der Waals surface area contributed by atoms with Gasteiger partial charge < -0.3 is 5.32 Å². The van der Waals surface area contributed by atoms with Crippen molar-refractivity contribution < 1.29 is 43.9 Å². The summed E-state index contributed by atoms with van der Waals surface area (Å²) >= 11 is 0. The molecular formula is C11H7F10N. The summed E-state index contributed by atoms with van der Waals surface area (Å²) in [4.78, 5) is 0. The van der Waals surface area contributed by atoms with Crippen LogP contribution in [0, 0.1) is 0 Å². The van der Waals surface area contributed by atoms with Gasteiger partial charge in [0.05, 0.1) is 0 Å². The molecule has 1 nitrogen and oxygen atoms in total. The number of nitrogens with one attached hydrogen (secondary N) is 1. The third-order valence-electron chi connectivity index (χ3n) is 2.56. The molecule has 0 aliphatic rings. The van der Waals surface area contributed by atoms with Crippen LogP contribution in [-0.4, -0.2) is 30.2 Å². The maximum absolute atomic E-state index is 13.3. The second-order valence-corrected chi connectivity index (χ2v) is 4.14. The van der Waals surface area contributed by atoms with E-state index in [-0.39, 0.29) is 0 Å². The number of hydrogen-bond donors (Lipinski definition) is 1. The highest BCUT2D eigenvalue weighted by Gasteiger charge is 2.83. The van der Waals surface area contributed by atoms with Gasteiger partial charge in [-0.2, -0.15) is 35.1 Å². The molecule has 126 valence electrons. The van der Waals surface area contributed by atoms with Crippen molar-refractivity contribution in [3.8, 4) is 0 Å². The van der Waals surface area contributed by atoms with Crippen LogP contribution in [0.15, 0.2) is 30.3 Å². The molecule has 11 heteroatoms. The number of benzene rings is 1. The van der Waals surface area contributed by atoms with E-state index in [4.69, 9.17) is 0 Å². The van der Waals surface area contributed by atoms with Crippen LogP contribution >= 0.6 is 0 Å². The molecule has 0 heterocycles. The highest BCUT2D eigenvalue weighted by Crippen LogP contribution is 2.54. The van der Waals surface area contributed by atoms with Gasteiger partial charge >= 0.3 is 30.2 Å². The lowest BCUT2D eigenvalue weighted by Crippen LogP contribution is -2.66. The number of halogens is 10. The van der Waals surface area contributed by atoms with Gasteiger partial charge in [-0.25, -0.2) is 8.78 Å². The topological polar surface area (TPSA) is 12.0 Å². The van der Waals surface area contributed by atoms with Gasteiger partial charge in [-0.1, -0.05) is 18.2 Å². The van der Waals surface area contributed by atoms with Crippen LogP contribution < -0.4 is 5.32 Å². The summed E-state index contributed by atoms with van der Waals surface area (Å²) in [6.45, 7) is 0. The first kappa shape index (κ1) is 18.4. The van der Waals surface area contributed by atoms with E-state index in [9.17, 15) is 43.9 Å². The lowest BCUT2D eigenvalue weighted by Gasteiger charge is -2.36. The van der Waals surface area contributed by atoms with Gasteiger partial charge in [-0.05, 0) is 12.1 Å². The maximum Gasteiger partial charge on any atom is 0.398 e. The third kappa shape index (κ3) is 2.80. The summed E-state index contributed by atoms with van der Waals surface area (Å²) in [6.07, 6.45) is -5.26. The molecule has 22 heavy (non-hydrogen) atoms. The lowest BCUT2D eigenvalue weighted by molar-refractivity contribution is -0.378. The molecule has 0 saturated carbocycles. The van der Waals surface area contributed by atoms with Gasteiger partial charge in [0.25, 0.3) is 0 Å². The molecule has 0 amide bonds. The molecule has 1 aromatic rings. The van der Waals surface area contributed by atoms with Gasteiger partial charge in [0.15, 0.2) is 0 Å². The lowest BCUT2D eigenvalue weighted by atomic mass is 10.0. The van der Waals surface area contributed by atoms with Crippen LogP contribution in [0.5, 0.6) is 0 Å². The Kier molecular flexibility index (Phi) is 4.60. The van der Waals surface area contributed by atoms with Crippen molar-refractivity contribution in [2.75, 3.05) is 5.32 Å². The molecule has 0 atom stereocenters. The van der Waals surface area contributed by atoms with Crippen molar-refractivity contribution in [2.45, 2.75) is 30.2 Å². The zero-order valence-electron chi connectivity index (χ0n) is 10.2. The molecule has 0 saturated heterocycles. The normalized spacial score (nSPS) is 14.3. The predicted octanol–water partition coefficient (Wildman–Crippen LogP) is 4.86. The molecule has 0 unspecified atom stereocenters. The fourth-order valence-corrected chi connectivity index (χ4v) is 1.32. The minimum Gasteiger partial charge on any atom is -0.322 e. The standard InChI is InChI=1S/C11H7F10N/c12-7(13)8(14,15)9(16,17)10(18,19)11(20,21)22-6-4-2-1-3-5-6/h1-5,7,22H. The average molecular weight is 343 g/mol. The quantitative estimate of drug-likeness (QED) is 0.574. The first-order chi connectivity index (χ1) is 9.77. The fourth-order valence-electron chi connectivity index (χ4n) is 1.32. The van der Waals surface area contributed by atoms with Crippen molar-refractivity contribution in [1.29, 1.82) is 0 Å². The fraction of sp³-hybridized carbons (Fsp3) is 0.455. The number of hydrogen-bond acceptors (Lipinski definition) is 1. The summed E-state index contributed by atoms with van der Waals surface area (Å²) in [5.74, 6) is -20.5. The van der Waals surface area contributed by atoms with Gasteiger partial charge in [0, 0.05) is 5.69 Å². The summed E-state index contributed by atoms with van der Waals surface area (Å²) in [5.41, 5.74) is -0.802. The van der Waals surface area contributed by atoms with E-state index in [0.29, 0.717) is 5.32 Å². The smallest absolute Gasteiger partial charge is 0.322 e. The zero-order chi connectivity index (χ0) is 17.4. The Morgan fingerprint density at radius 3 is 1.59 bits per heavy atom. The Balaban J connectivity index is 3.20. The third-order valence-corrected chi connectivity index (χ3v) is 2.56. The Labute approximate surface area is 116 Å². The van der Waals surface area contributed by atoms with Gasteiger partial charge in [0.1, 0.15) is 0 Å². The average Bonchev–Trinajstić information content (AvgIpc) is 2.38. The molecular weight excluding hydrogens is 336 g/mol. The van der Waals surface area contributed by atoms with Crippen LogP contribution in [0.3, 0.4) is 0 Å². The molecule has 0 fully saturated rings. The van der Waals surface area contributed by atoms with Gasteiger partial charge in [0.2, 0.25) is 0 Å². The predicted molar refractivity (Wildman–Crippen MR) is 55.9 cm³/mol. The van der Waals surface area contributed by atoms with E-state index < -0.39 is 35.9 Å². The Morgan fingerprint density at radius 1 is 0.727 bits per heavy atom. The highest BCUT2D eigenvalue weighted by molar-refractivity contribution is 5.44. The molecule has 0 aliphatic heterocycles. The van der Waals surface area contributed by atoms with Gasteiger partial charge in [-0.15, -0.1) is 0 Å². The Morgan fingerprint density at radius 2 is 1.18 bits per heavy atom. The van der Waals surface area contributed by atoms with Gasteiger partial charge in [-0.3, -0.25) is 0 Å². The highest BCUT2D eigenvalue weighted by atomic mass is 19.4. The Hall–Kier alpha value is -1.68. The minimum atomic E-state index is -7.00. The van der Waals surface area contributed by atoms with Crippen LogP contribution in [0.2, 0.25) is 0 Å². The first-order valence-electron chi connectivity index (χ1n) is 5.40. The second-order valence-electron chi connectivity index (χ2n) is 4.14. The van der Waals surface area contributed by atoms with Crippen molar-refractivity contribution in [3.05, 3.63) is 30.3 Å². The molecule has 1 N–H and O–H groups in total. The van der Waals surface area contributed by atoms with E-state index in [1.807, 2.05) is 0 Å². The van der Waals surface area contributed by atoms with E-state index in [0.717, 1.165) is 24.3 Å². The molecule has 0 bridgehead atoms. The largest absolute Gasteiger partial charge is 0.398 e. The number of anilines is 1. The van der Waals surface area contributed by atoms with E-state index in [1.54, 1.807) is 0 Å². The first-order valence-corrected chi connectivity index (χ1v) is 5.40. The van der Waals surface area contributed by atoms with E-state index in [1.165, 1.54) is 6.07 Å². The van der Waals surface area contributed by atoms with Crippen molar-refractivity contribution in [3.63, 3.8) is 0 Å². The van der Waals surface area contributed by atoms with E-state index >= 15 is 0 Å². The number of alkyl halides is 10. The maximum atomic E-state index is 13.3. The number of rotatable bonds is 6. The summed E-state index contributed by atoms with van der Waals surface area (Å²) in [5, 5.41) is 0.634. The van der Waals surface area contributed by atoms with Crippen LogP contribution in [0.25, 0.3) is 0 Å². The van der Waals surface area contributed by atoms with E-state index in [2.05, 4.69) is 0 Å². The minimum absolute atomic E-state index is 0.634. The molecule has 0 aromatic heterocycles. The molecule has 1 rings (SSSR count). The molecule has 0 aliphatic carbocycles. The van der Waals surface area contributed by atoms with Crippen LogP contribution in [0.4, 0.5) is 49.6 Å². The number of para-hydroxylation sites is 1. The Bertz CT molecular complexity index is 499. The summed E-state index contributed by atoms with van der Waals surface area (Å²) in [7, 11) is 0. The molecule has 0 radical (unpaired) electrons. The second kappa shape index (κ2) is 5.51. The summed E-state index contributed by atoms with van der Waals surface area (Å²) < 4.78 is 127. The summed E-state index contributed by atoms with van der Waals surface area (Å²) in [6, 6.07) is -1.02. The molecule has 1 aromatic carbocycles. The van der Waals surface area contributed by atoms with Crippen molar-refractivity contribution in [2.24, 2.45) is 0 Å². The SMILES string of the molecule is FC(F)C(F)(F)C(F)(F)C(F)(F)C(F)(F)Nc1ccccc1. The van der Waals surface area contributed by atoms with Crippen molar-refractivity contribution in [1.82, 2.24) is 0 Å². The molecule has 0 spiro atoms. The zero-order valence-corrected chi connectivity index (χ0v) is 10.2. The van der Waals surface area contributed by atoms with Crippen molar-refractivity contribution >= 4 is 5.69 Å². The van der Waals surface area contributed by atoms with Crippen LogP contribution in [0.1, 0.15) is 0 Å². The monoisotopic (exact) mass is 343 g/mol. The van der Waals surface area contributed by atoms with Crippen LogP contribution in [-0.2, 0) is 0 Å².